The van der Waals surface area contributed by atoms with Gasteiger partial charge in [0.25, 0.3) is 5.91 Å². The smallest absolute Gasteiger partial charge is 0.256 e. The van der Waals surface area contributed by atoms with Crippen molar-refractivity contribution in [3.63, 3.8) is 0 Å². The van der Waals surface area contributed by atoms with Crippen molar-refractivity contribution in [1.82, 2.24) is 0 Å². The zero-order chi connectivity index (χ0) is 15.6. The van der Waals surface area contributed by atoms with Gasteiger partial charge in [0.1, 0.15) is 0 Å². The molecule has 0 radical (unpaired) electrons. The number of halogens is 2. The van der Waals surface area contributed by atoms with Crippen molar-refractivity contribution in [3.05, 3.63) is 56.5 Å². The van der Waals surface area contributed by atoms with Crippen LogP contribution in [-0.4, -0.2) is 20.0 Å². The van der Waals surface area contributed by atoms with Crippen LogP contribution in [-0.2, 0) is 0 Å². The van der Waals surface area contributed by atoms with Gasteiger partial charge in [-0.3, -0.25) is 4.79 Å². The van der Waals surface area contributed by atoms with Crippen LogP contribution < -0.4 is 10.2 Å². The minimum absolute atomic E-state index is 0.116. The number of carbonyl (C=O) groups is 1. The van der Waals surface area contributed by atoms with Crippen molar-refractivity contribution in [3.8, 4) is 0 Å². The lowest BCUT2D eigenvalue weighted by molar-refractivity contribution is 0.102. The first-order chi connectivity index (χ1) is 9.88. The zero-order valence-corrected chi connectivity index (χ0v) is 15.2. The molecule has 0 unspecified atom stereocenters. The number of nitrogens with zero attached hydrogens (tertiary/aromatic N) is 1. The van der Waals surface area contributed by atoms with Crippen molar-refractivity contribution >= 4 is 49.1 Å². The number of hydrogen-bond donors (Lipinski definition) is 1. The van der Waals surface area contributed by atoms with Gasteiger partial charge in [0.2, 0.25) is 0 Å². The molecule has 0 aliphatic heterocycles. The summed E-state index contributed by atoms with van der Waals surface area (Å²) in [5.41, 5.74) is 3.34. The predicted molar refractivity (Wildman–Crippen MR) is 95.3 cm³/mol. The van der Waals surface area contributed by atoms with E-state index in [1.54, 1.807) is 0 Å². The number of rotatable bonds is 3. The molecule has 0 saturated carbocycles. The number of nitrogens with one attached hydrogen (secondary N) is 1. The van der Waals surface area contributed by atoms with Crippen LogP contribution in [0.4, 0.5) is 11.4 Å². The molecule has 0 heterocycles. The molecule has 3 nitrogen and oxygen atoms in total. The van der Waals surface area contributed by atoms with E-state index in [4.69, 9.17) is 0 Å². The number of carbonyl (C=O) groups excluding carboxylic acids is 1. The third kappa shape index (κ3) is 3.86. The molecule has 1 N–H and O–H groups in total. The van der Waals surface area contributed by atoms with Gasteiger partial charge in [-0.2, -0.15) is 0 Å². The summed E-state index contributed by atoms with van der Waals surface area (Å²) in [6.45, 7) is 1.93. The van der Waals surface area contributed by atoms with Crippen molar-refractivity contribution in [2.24, 2.45) is 0 Å². The maximum Gasteiger partial charge on any atom is 0.256 e. The van der Waals surface area contributed by atoms with Gasteiger partial charge in [0.15, 0.2) is 0 Å². The van der Waals surface area contributed by atoms with Gasteiger partial charge in [-0.05, 0) is 42.8 Å². The Labute approximate surface area is 141 Å². The zero-order valence-electron chi connectivity index (χ0n) is 12.1. The Morgan fingerprint density at radius 2 is 1.67 bits per heavy atom. The standard InChI is InChI=1S/C16H16Br2N2O/c1-10-4-5-11(17)8-13(10)16(21)19-14-9-12(18)6-7-15(14)20(2)3/h4-9H,1-3H3,(H,19,21). The largest absolute Gasteiger partial charge is 0.376 e. The summed E-state index contributed by atoms with van der Waals surface area (Å²) in [6.07, 6.45) is 0. The average molecular weight is 412 g/mol. The third-order valence-electron chi connectivity index (χ3n) is 3.13. The highest BCUT2D eigenvalue weighted by atomic mass is 79.9. The summed E-state index contributed by atoms with van der Waals surface area (Å²) >= 11 is 6.84. The quantitative estimate of drug-likeness (QED) is 0.783. The van der Waals surface area contributed by atoms with E-state index in [1.807, 2.05) is 62.3 Å². The highest BCUT2D eigenvalue weighted by Gasteiger charge is 2.13. The highest BCUT2D eigenvalue weighted by molar-refractivity contribution is 9.10. The van der Waals surface area contributed by atoms with Crippen molar-refractivity contribution < 1.29 is 4.79 Å². The Morgan fingerprint density at radius 1 is 1.05 bits per heavy atom. The monoisotopic (exact) mass is 410 g/mol. The van der Waals surface area contributed by atoms with Crippen LogP contribution in [0.25, 0.3) is 0 Å². The Balaban J connectivity index is 2.35. The first-order valence-electron chi connectivity index (χ1n) is 6.43. The molecule has 0 atom stereocenters. The number of anilines is 2. The predicted octanol–water partition coefficient (Wildman–Crippen LogP) is 4.84. The van der Waals surface area contributed by atoms with Crippen LogP contribution in [0.5, 0.6) is 0 Å². The SMILES string of the molecule is Cc1ccc(Br)cc1C(=O)Nc1cc(Br)ccc1N(C)C. The van der Waals surface area contributed by atoms with Gasteiger partial charge in [-0.15, -0.1) is 0 Å². The molecule has 1 amide bonds. The Bertz CT molecular complexity index is 684. The first kappa shape index (κ1) is 16.0. The van der Waals surface area contributed by atoms with Gasteiger partial charge in [-0.25, -0.2) is 0 Å². The van der Waals surface area contributed by atoms with E-state index in [2.05, 4.69) is 37.2 Å². The van der Waals surface area contributed by atoms with E-state index in [-0.39, 0.29) is 5.91 Å². The number of benzene rings is 2. The normalized spacial score (nSPS) is 10.3. The second-order valence-corrected chi connectivity index (χ2v) is 6.80. The van der Waals surface area contributed by atoms with Crippen molar-refractivity contribution in [2.45, 2.75) is 6.92 Å². The minimum atomic E-state index is -0.116. The molecular formula is C16H16Br2N2O. The van der Waals surface area contributed by atoms with Crippen LogP contribution in [0.15, 0.2) is 45.3 Å². The highest BCUT2D eigenvalue weighted by Crippen LogP contribution is 2.29. The summed E-state index contributed by atoms with van der Waals surface area (Å²) < 4.78 is 1.81. The fourth-order valence-corrected chi connectivity index (χ4v) is 2.75. The van der Waals surface area contributed by atoms with E-state index >= 15 is 0 Å². The first-order valence-corrected chi connectivity index (χ1v) is 8.01. The summed E-state index contributed by atoms with van der Waals surface area (Å²) in [5.74, 6) is -0.116. The summed E-state index contributed by atoms with van der Waals surface area (Å²) in [5, 5.41) is 2.99. The van der Waals surface area contributed by atoms with Crippen molar-refractivity contribution in [1.29, 1.82) is 0 Å². The summed E-state index contributed by atoms with van der Waals surface area (Å²) in [6, 6.07) is 11.5. The lowest BCUT2D eigenvalue weighted by Crippen LogP contribution is -2.17. The van der Waals surface area contributed by atoms with E-state index in [0.717, 1.165) is 25.9 Å². The molecule has 2 rings (SSSR count). The molecular weight excluding hydrogens is 396 g/mol. The second kappa shape index (κ2) is 6.62. The van der Waals surface area contributed by atoms with Crippen LogP contribution in [0.2, 0.25) is 0 Å². The van der Waals surface area contributed by atoms with Gasteiger partial charge >= 0.3 is 0 Å². The fraction of sp³-hybridized carbons (Fsp3) is 0.188. The van der Waals surface area contributed by atoms with Crippen molar-refractivity contribution in [2.75, 3.05) is 24.3 Å². The molecule has 0 saturated heterocycles. The number of amides is 1. The van der Waals surface area contributed by atoms with Gasteiger partial charge in [-0.1, -0.05) is 37.9 Å². The molecule has 21 heavy (non-hydrogen) atoms. The maximum atomic E-state index is 12.5. The molecule has 0 aliphatic rings. The second-order valence-electron chi connectivity index (χ2n) is 4.97. The topological polar surface area (TPSA) is 32.3 Å². The fourth-order valence-electron chi connectivity index (χ4n) is 2.03. The van der Waals surface area contributed by atoms with E-state index < -0.39 is 0 Å². The molecule has 2 aromatic carbocycles. The van der Waals surface area contributed by atoms with Gasteiger partial charge in [0, 0.05) is 28.6 Å². The molecule has 5 heteroatoms. The van der Waals surface area contributed by atoms with Crippen LogP contribution in [0.3, 0.4) is 0 Å². The Hall–Kier alpha value is -1.33. The molecule has 0 aromatic heterocycles. The Kier molecular flexibility index (Phi) is 5.06. The minimum Gasteiger partial charge on any atom is -0.376 e. The molecule has 0 aliphatic carbocycles. The van der Waals surface area contributed by atoms with Crippen LogP contribution in [0, 0.1) is 6.92 Å². The van der Waals surface area contributed by atoms with Crippen LogP contribution in [0.1, 0.15) is 15.9 Å². The summed E-state index contributed by atoms with van der Waals surface area (Å²) in [4.78, 5) is 14.5. The average Bonchev–Trinajstić information content (AvgIpc) is 2.41. The molecule has 0 bridgehead atoms. The molecule has 0 spiro atoms. The summed E-state index contributed by atoms with van der Waals surface area (Å²) in [7, 11) is 3.90. The van der Waals surface area contributed by atoms with Gasteiger partial charge in [0.05, 0.1) is 11.4 Å². The number of hydrogen-bond acceptors (Lipinski definition) is 2. The number of aryl methyl sites for hydroxylation is 1. The van der Waals surface area contributed by atoms with E-state index in [1.165, 1.54) is 0 Å². The molecule has 0 fully saturated rings. The lowest BCUT2D eigenvalue weighted by Gasteiger charge is -2.18. The van der Waals surface area contributed by atoms with E-state index in [0.29, 0.717) is 5.56 Å². The lowest BCUT2D eigenvalue weighted by atomic mass is 10.1. The molecule has 2 aromatic rings. The third-order valence-corrected chi connectivity index (χ3v) is 4.12. The maximum absolute atomic E-state index is 12.5. The van der Waals surface area contributed by atoms with E-state index in [9.17, 15) is 4.79 Å². The Morgan fingerprint density at radius 3 is 2.33 bits per heavy atom. The van der Waals surface area contributed by atoms with Gasteiger partial charge < -0.3 is 10.2 Å². The molecule has 110 valence electrons. The van der Waals surface area contributed by atoms with Crippen LogP contribution >= 0.6 is 31.9 Å².